The highest BCUT2D eigenvalue weighted by Crippen LogP contribution is 2.71. The van der Waals surface area contributed by atoms with Gasteiger partial charge in [-0.05, 0) is 278 Å². The summed E-state index contributed by atoms with van der Waals surface area (Å²) in [5.41, 5.74) is -18.7. The van der Waals surface area contributed by atoms with Crippen LogP contribution in [0.4, 0.5) is 0 Å². The van der Waals surface area contributed by atoms with Crippen LogP contribution in [0.5, 0.6) is 0 Å². The highest BCUT2D eigenvalue weighted by atomic mass is 32.9. The van der Waals surface area contributed by atoms with E-state index >= 15 is 0 Å². The molecule has 0 aromatic rings. The molecule has 1 N–H and O–H groups in total. The second kappa shape index (κ2) is 56.2. The Kier molecular flexibility index (Phi) is 59.1. The van der Waals surface area contributed by atoms with Crippen molar-refractivity contribution < 1.29 is 77.8 Å². The van der Waals surface area contributed by atoms with E-state index in [2.05, 4.69) is 138 Å². The third-order valence-corrected chi connectivity index (χ3v) is 51.4. The Hall–Kier alpha value is 5.49. The lowest BCUT2D eigenvalue weighted by molar-refractivity contribution is -0.136. The van der Waals surface area contributed by atoms with Gasteiger partial charge in [0, 0.05) is 40.3 Å². The van der Waals surface area contributed by atoms with Crippen LogP contribution in [-0.2, 0) is 144 Å². The Morgan fingerprint density at radius 3 is 0.547 bits per heavy atom. The molecule has 0 saturated heterocycles. The average molecular weight is 1880 g/mol. The van der Waals surface area contributed by atoms with Crippen molar-refractivity contribution in [3.63, 3.8) is 0 Å². The highest BCUT2D eigenvalue weighted by molar-refractivity contribution is 8.70. The van der Waals surface area contributed by atoms with Crippen LogP contribution >= 0.6 is 121 Å². The van der Waals surface area contributed by atoms with Crippen LogP contribution in [0.3, 0.4) is 0 Å². The molecule has 17 nitrogen and oxygen atoms in total. The summed E-state index contributed by atoms with van der Waals surface area (Å²) in [5.74, 6) is 4.16. The van der Waals surface area contributed by atoms with E-state index in [1.807, 2.05) is 69.2 Å². The first kappa shape index (κ1) is 111. The molecule has 0 aliphatic heterocycles. The van der Waals surface area contributed by atoms with Crippen molar-refractivity contribution in [2.75, 3.05) is 40.3 Å². The molecule has 0 rings (SSSR count). The Bertz CT molecular complexity index is 2380. The molecule has 0 aliphatic rings. The maximum absolute atomic E-state index is 14.8. The molecular formula is C69H145O17P7S13. The Labute approximate surface area is 706 Å². The number of rotatable bonds is 66. The molecule has 0 saturated carbocycles. The van der Waals surface area contributed by atoms with Gasteiger partial charge in [0.2, 0.25) is 34.2 Å². The second-order valence-corrected chi connectivity index (χ2v) is 73.4. The van der Waals surface area contributed by atoms with Gasteiger partial charge in [-0.15, -0.1) is 0 Å². The first-order valence-electron chi connectivity index (χ1n) is 38.0. The van der Waals surface area contributed by atoms with Gasteiger partial charge in [0.15, 0.2) is 0 Å². The molecule has 0 heterocycles. The van der Waals surface area contributed by atoms with Gasteiger partial charge in [-0.1, -0.05) is 179 Å². The van der Waals surface area contributed by atoms with Crippen molar-refractivity contribution in [1.29, 1.82) is 0 Å². The van der Waals surface area contributed by atoms with E-state index in [9.17, 15) is 14.5 Å². The maximum atomic E-state index is 14.8. The van der Waals surface area contributed by atoms with Gasteiger partial charge in [0.1, 0.15) is 0 Å². The SMILES string of the molecule is CC(C)CC(C)OP(=O)(OC(C)CC(C)C)SCC(C)OP(=S)(OC(C)CSP(=S)(OC(C)CC(C)C)OC(C)CC(C)C)SCC(C)OP(=S)(OC(C)CSP(=S)(OC(C)CSP(=S)(OC(C)CC(C)C)OC(C)CC(C)C)OC(C)CSP(=S)(OC(C)CC(C)C)OC(C)CC(C)C)SCCC(=O)O. The Balaban J connectivity index is 7.63. The molecule has 0 aliphatic carbocycles. The van der Waals surface area contributed by atoms with E-state index in [0.29, 0.717) is 77.4 Å². The van der Waals surface area contributed by atoms with E-state index in [1.165, 1.54) is 68.3 Å². The maximum Gasteiger partial charge on any atom is 0.389 e. The normalized spacial score (nSPS) is 20.9. The largest absolute Gasteiger partial charge is 0.481 e. The predicted molar refractivity (Wildman–Crippen MR) is 496 cm³/mol. The molecule has 0 radical (unpaired) electrons. The zero-order valence-electron chi connectivity index (χ0n) is 69.9. The number of carbonyl (C=O) groups is 1. The molecular weight excluding hydrogens is 1730 g/mol. The Morgan fingerprint density at radius 1 is 0.245 bits per heavy atom. The fourth-order valence-corrected chi connectivity index (χ4v) is 48.7. The molecule has 37 heteroatoms. The fourth-order valence-electron chi connectivity index (χ4n) is 10.9. The summed E-state index contributed by atoms with van der Waals surface area (Å²) in [5, 5.41) is 9.91. The molecule has 636 valence electrons. The van der Waals surface area contributed by atoms with E-state index in [4.69, 9.17) is 134 Å². The average Bonchev–Trinajstić information content (AvgIpc) is 0.847. The van der Waals surface area contributed by atoms with E-state index in [-0.39, 0.29) is 78.3 Å². The number of hydrogen-bond acceptors (Lipinski definition) is 29. The minimum Gasteiger partial charge on any atom is -0.481 e. The molecule has 16 atom stereocenters. The lowest BCUT2D eigenvalue weighted by atomic mass is 10.1. The van der Waals surface area contributed by atoms with Gasteiger partial charge >= 0.3 is 12.8 Å². The van der Waals surface area contributed by atoms with Crippen LogP contribution in [0, 0.1) is 47.3 Å². The van der Waals surface area contributed by atoms with Crippen LogP contribution in [-0.4, -0.2) is 137 Å². The summed E-state index contributed by atoms with van der Waals surface area (Å²) in [4.78, 5) is 12.1. The molecule has 0 aromatic heterocycles. The van der Waals surface area contributed by atoms with E-state index in [1.54, 1.807) is 0 Å². The van der Waals surface area contributed by atoms with Crippen LogP contribution in [0.2, 0.25) is 0 Å². The van der Waals surface area contributed by atoms with E-state index < -0.39 is 83.6 Å². The zero-order valence-corrected chi connectivity index (χ0v) is 86.8. The Morgan fingerprint density at radius 2 is 0.387 bits per heavy atom. The highest BCUT2D eigenvalue weighted by Gasteiger charge is 2.39. The number of carboxylic acid groups (broad SMARTS) is 1. The van der Waals surface area contributed by atoms with Gasteiger partial charge < -0.3 is 59.4 Å². The van der Waals surface area contributed by atoms with Crippen LogP contribution in [0.25, 0.3) is 0 Å². The summed E-state index contributed by atoms with van der Waals surface area (Å²) in [6.45, 7) is 58.4. The van der Waals surface area contributed by atoms with Crippen LogP contribution < -0.4 is 0 Å². The first-order chi connectivity index (χ1) is 48.5. The monoisotopic (exact) mass is 1880 g/mol. The van der Waals surface area contributed by atoms with Crippen LogP contribution in [0.15, 0.2) is 0 Å². The summed E-state index contributed by atoms with van der Waals surface area (Å²) in [6.07, 6.45) is 1.64. The van der Waals surface area contributed by atoms with Crippen molar-refractivity contribution in [2.45, 2.75) is 351 Å². The topological polar surface area (TPSA) is 184 Å². The van der Waals surface area contributed by atoms with Crippen molar-refractivity contribution in [3.05, 3.63) is 0 Å². The molecule has 0 spiro atoms. The smallest absolute Gasteiger partial charge is 0.389 e. The second-order valence-electron chi connectivity index (χ2n) is 31.7. The molecule has 0 fully saturated rings. The summed E-state index contributed by atoms with van der Waals surface area (Å²) < 4.78 is 109. The van der Waals surface area contributed by atoms with Gasteiger partial charge in [-0.2, -0.15) is 0 Å². The standard InChI is InChI=1S/C69H145O17P7S13/c1-47(2)33-55(17)73-87(72,74-56(18)34-48(3)4)101-41-63(25)83-92(98,84-66(28)44-102-89(95,75-57(19)35-49(5)6)76-58(20)36-50(7)8)105-42-64(26)81-88(94,100-32-31-69(70)71)82-65(27)43-106-93(99,85-67(29)45-103-90(96,77-59(21)37-51(9)10)78-60(22)38-52(11)12)86-68(30)46-104-91(97,79-61(23)39-53(13)14)80-62(24)40-54(15)16/h47-68H,31-46H2,1-30H3,(H,70,71). The first-order valence-corrected chi connectivity index (χ1v) is 66.5. The lowest BCUT2D eigenvalue weighted by Crippen LogP contribution is -2.19. The van der Waals surface area contributed by atoms with Crippen molar-refractivity contribution in [3.8, 4) is 0 Å². The van der Waals surface area contributed by atoms with Gasteiger partial charge in [-0.3, -0.25) is 13.8 Å². The minimum absolute atomic E-state index is 0.116. The van der Waals surface area contributed by atoms with Crippen LogP contribution in [0.1, 0.15) is 265 Å². The number of carboxylic acids is 1. The minimum atomic E-state index is -3.72. The summed E-state index contributed by atoms with van der Waals surface area (Å²) in [6, 6.07) is 0. The number of aliphatic carboxylic acids is 1. The lowest BCUT2D eigenvalue weighted by Gasteiger charge is -2.33. The zero-order chi connectivity index (χ0) is 81.9. The quantitative estimate of drug-likeness (QED) is 0.0567. The third kappa shape index (κ3) is 56.9. The molecule has 0 bridgehead atoms. The molecule has 0 aromatic carbocycles. The van der Waals surface area contributed by atoms with Gasteiger partial charge in [0.05, 0.1) is 91.9 Å². The molecule has 16 unspecified atom stereocenters. The molecule has 106 heavy (non-hydrogen) atoms. The van der Waals surface area contributed by atoms with Gasteiger partial charge in [0.25, 0.3) is 0 Å². The van der Waals surface area contributed by atoms with E-state index in [0.717, 1.165) is 49.9 Å². The van der Waals surface area contributed by atoms with Crippen molar-refractivity contribution >= 4 is 197 Å². The molecule has 0 amide bonds. The van der Waals surface area contributed by atoms with Gasteiger partial charge in [-0.25, -0.2) is 4.57 Å². The third-order valence-electron chi connectivity index (χ3n) is 14.1. The number of hydrogen-bond donors (Lipinski definition) is 1. The fraction of sp³-hybridized carbons (Fsp3) is 0.986. The summed E-state index contributed by atoms with van der Waals surface area (Å²) >= 11 is 47.9. The summed E-state index contributed by atoms with van der Waals surface area (Å²) in [7, 11) is 0. The van der Waals surface area contributed by atoms with Crippen molar-refractivity contribution in [1.82, 2.24) is 0 Å². The predicted octanol–water partition coefficient (Wildman–Crippen LogP) is 28.1. The van der Waals surface area contributed by atoms with Crippen molar-refractivity contribution in [2.24, 2.45) is 47.3 Å².